The molecule has 0 aromatic rings. The normalized spacial score (nSPS) is 36.8. The molecule has 0 aromatic heterocycles. The first-order valence-corrected chi connectivity index (χ1v) is 11.9. The van der Waals surface area contributed by atoms with Gasteiger partial charge in [-0.1, -0.05) is 52.4 Å². The van der Waals surface area contributed by atoms with Gasteiger partial charge in [-0.25, -0.2) is 0 Å². The molecular formula is C24H42O2. The molecule has 0 aliphatic heterocycles. The second-order valence-electron chi connectivity index (χ2n) is 9.63. The Kier molecular flexibility index (Phi) is 7.88. The third kappa shape index (κ3) is 5.26. The molecule has 3 saturated carbocycles. The summed E-state index contributed by atoms with van der Waals surface area (Å²) in [6.07, 6.45) is 19.6. The van der Waals surface area contributed by atoms with E-state index in [9.17, 15) is 4.79 Å². The molecule has 3 aliphatic carbocycles. The van der Waals surface area contributed by atoms with Crippen molar-refractivity contribution in [3.05, 3.63) is 0 Å². The van der Waals surface area contributed by atoms with Crippen LogP contribution in [-0.2, 0) is 9.53 Å². The standard InChI is InChI=1S/C24H42O2/c1-3-5-7-8-18-10-14-22-19(16-18)11-12-20-17-21(13-15-23(20)22)26-24(25)9-6-4-2/h18-23H,3-17H2,1-2H3/t18-,19?,20?,21-,22?,23?/m0/s1. The summed E-state index contributed by atoms with van der Waals surface area (Å²) in [4.78, 5) is 12.0. The van der Waals surface area contributed by atoms with Crippen LogP contribution in [0.4, 0.5) is 0 Å². The van der Waals surface area contributed by atoms with Crippen molar-refractivity contribution in [3.63, 3.8) is 0 Å². The summed E-state index contributed by atoms with van der Waals surface area (Å²) in [6, 6.07) is 0. The molecular weight excluding hydrogens is 320 g/mol. The number of rotatable bonds is 8. The number of unbranched alkanes of at least 4 members (excludes halogenated alkanes) is 3. The lowest BCUT2D eigenvalue weighted by Gasteiger charge is -2.50. The highest BCUT2D eigenvalue weighted by Crippen LogP contribution is 2.53. The number of ether oxygens (including phenoxy) is 1. The minimum Gasteiger partial charge on any atom is -0.462 e. The van der Waals surface area contributed by atoms with Gasteiger partial charge < -0.3 is 4.74 Å². The first kappa shape index (κ1) is 20.2. The number of esters is 1. The van der Waals surface area contributed by atoms with Crippen LogP contribution >= 0.6 is 0 Å². The number of hydrogen-bond donors (Lipinski definition) is 0. The van der Waals surface area contributed by atoms with Gasteiger partial charge >= 0.3 is 5.97 Å². The first-order chi connectivity index (χ1) is 12.7. The SMILES string of the molecule is CCCCC[C@H]1CCC2C(CCC3C[C@@H](OC(=O)CCCC)CCC32)C1. The molecule has 0 amide bonds. The lowest BCUT2D eigenvalue weighted by Crippen LogP contribution is -2.43. The minimum absolute atomic E-state index is 0.0524. The summed E-state index contributed by atoms with van der Waals surface area (Å²) in [5.74, 6) is 4.86. The van der Waals surface area contributed by atoms with Crippen molar-refractivity contribution >= 4 is 5.97 Å². The quantitative estimate of drug-likeness (QED) is 0.346. The van der Waals surface area contributed by atoms with E-state index in [-0.39, 0.29) is 12.1 Å². The summed E-state index contributed by atoms with van der Waals surface area (Å²) in [5.41, 5.74) is 0. The Morgan fingerprint density at radius 3 is 2.23 bits per heavy atom. The van der Waals surface area contributed by atoms with Gasteiger partial charge in [-0.15, -0.1) is 0 Å². The van der Waals surface area contributed by atoms with Crippen LogP contribution in [0.2, 0.25) is 0 Å². The van der Waals surface area contributed by atoms with Crippen LogP contribution < -0.4 is 0 Å². The average molecular weight is 363 g/mol. The van der Waals surface area contributed by atoms with Crippen LogP contribution in [0.15, 0.2) is 0 Å². The summed E-state index contributed by atoms with van der Waals surface area (Å²) in [7, 11) is 0. The van der Waals surface area contributed by atoms with Crippen molar-refractivity contribution in [2.24, 2.45) is 29.6 Å². The van der Waals surface area contributed by atoms with Crippen molar-refractivity contribution < 1.29 is 9.53 Å². The fourth-order valence-corrected chi connectivity index (χ4v) is 6.47. The van der Waals surface area contributed by atoms with E-state index in [0.29, 0.717) is 6.42 Å². The average Bonchev–Trinajstić information content (AvgIpc) is 2.66. The van der Waals surface area contributed by atoms with Crippen molar-refractivity contribution in [3.8, 4) is 0 Å². The second-order valence-corrected chi connectivity index (χ2v) is 9.63. The third-order valence-corrected chi connectivity index (χ3v) is 7.85. The van der Waals surface area contributed by atoms with Crippen molar-refractivity contribution in [2.45, 2.75) is 116 Å². The predicted octanol–water partition coefficient (Wildman–Crippen LogP) is 6.91. The van der Waals surface area contributed by atoms with Crippen LogP contribution in [0.3, 0.4) is 0 Å². The van der Waals surface area contributed by atoms with E-state index >= 15 is 0 Å². The van der Waals surface area contributed by atoms with E-state index in [1.165, 1.54) is 64.2 Å². The molecule has 0 aromatic carbocycles. The Hall–Kier alpha value is -0.530. The maximum absolute atomic E-state index is 12.0. The lowest BCUT2D eigenvalue weighted by atomic mass is 9.56. The Labute approximate surface area is 161 Å². The zero-order valence-electron chi connectivity index (χ0n) is 17.4. The highest BCUT2D eigenvalue weighted by atomic mass is 16.5. The van der Waals surface area contributed by atoms with Gasteiger partial charge in [-0.3, -0.25) is 4.79 Å². The number of carbonyl (C=O) groups excluding carboxylic acids is 1. The third-order valence-electron chi connectivity index (χ3n) is 7.85. The Balaban J connectivity index is 1.45. The fraction of sp³-hybridized carbons (Fsp3) is 0.958. The van der Waals surface area contributed by atoms with Crippen molar-refractivity contribution in [1.29, 1.82) is 0 Å². The highest BCUT2D eigenvalue weighted by molar-refractivity contribution is 5.69. The summed E-state index contributed by atoms with van der Waals surface area (Å²) in [5, 5.41) is 0. The molecule has 3 aliphatic rings. The molecule has 0 saturated heterocycles. The van der Waals surface area contributed by atoms with Crippen LogP contribution in [0.5, 0.6) is 0 Å². The Morgan fingerprint density at radius 1 is 0.808 bits per heavy atom. The van der Waals surface area contributed by atoms with E-state index in [1.54, 1.807) is 0 Å². The molecule has 0 bridgehead atoms. The Morgan fingerprint density at radius 2 is 1.50 bits per heavy atom. The van der Waals surface area contributed by atoms with Gasteiger partial charge in [0.05, 0.1) is 0 Å². The zero-order valence-corrected chi connectivity index (χ0v) is 17.4. The summed E-state index contributed by atoms with van der Waals surface area (Å²) >= 11 is 0. The number of carbonyl (C=O) groups is 1. The van der Waals surface area contributed by atoms with E-state index in [4.69, 9.17) is 4.74 Å². The molecule has 2 nitrogen and oxygen atoms in total. The predicted molar refractivity (Wildman–Crippen MR) is 108 cm³/mol. The highest BCUT2D eigenvalue weighted by Gasteiger charge is 2.44. The fourth-order valence-electron chi connectivity index (χ4n) is 6.47. The maximum Gasteiger partial charge on any atom is 0.306 e. The smallest absolute Gasteiger partial charge is 0.306 e. The van der Waals surface area contributed by atoms with Crippen molar-refractivity contribution in [1.82, 2.24) is 0 Å². The zero-order chi connectivity index (χ0) is 18.4. The molecule has 6 atom stereocenters. The topological polar surface area (TPSA) is 26.3 Å². The minimum atomic E-state index is 0.0524. The monoisotopic (exact) mass is 362 g/mol. The molecule has 0 radical (unpaired) electrons. The van der Waals surface area contributed by atoms with Gasteiger partial charge in [0, 0.05) is 6.42 Å². The van der Waals surface area contributed by atoms with Gasteiger partial charge in [-0.05, 0) is 81.0 Å². The summed E-state index contributed by atoms with van der Waals surface area (Å²) < 4.78 is 5.81. The first-order valence-electron chi connectivity index (χ1n) is 11.9. The molecule has 3 rings (SSSR count). The molecule has 4 unspecified atom stereocenters. The van der Waals surface area contributed by atoms with Crippen LogP contribution in [0.25, 0.3) is 0 Å². The van der Waals surface area contributed by atoms with E-state index < -0.39 is 0 Å². The van der Waals surface area contributed by atoms with Crippen LogP contribution in [-0.4, -0.2) is 12.1 Å². The van der Waals surface area contributed by atoms with Gasteiger partial charge in [-0.2, -0.15) is 0 Å². The van der Waals surface area contributed by atoms with Gasteiger partial charge in [0.1, 0.15) is 6.10 Å². The van der Waals surface area contributed by atoms with Gasteiger partial charge in [0.2, 0.25) is 0 Å². The van der Waals surface area contributed by atoms with E-state index in [2.05, 4.69) is 13.8 Å². The Bertz CT molecular complexity index is 432. The number of fused-ring (bicyclic) bond motifs is 3. The molecule has 0 N–H and O–H groups in total. The van der Waals surface area contributed by atoms with Crippen molar-refractivity contribution in [2.75, 3.05) is 0 Å². The lowest BCUT2D eigenvalue weighted by molar-refractivity contribution is -0.153. The molecule has 2 heteroatoms. The molecule has 3 fully saturated rings. The van der Waals surface area contributed by atoms with E-state index in [0.717, 1.165) is 55.3 Å². The van der Waals surface area contributed by atoms with Crippen LogP contribution in [0, 0.1) is 29.6 Å². The second kappa shape index (κ2) is 10.1. The van der Waals surface area contributed by atoms with Gasteiger partial charge in [0.15, 0.2) is 0 Å². The number of hydrogen-bond acceptors (Lipinski definition) is 2. The van der Waals surface area contributed by atoms with E-state index in [1.807, 2.05) is 0 Å². The molecule has 0 spiro atoms. The summed E-state index contributed by atoms with van der Waals surface area (Å²) in [6.45, 7) is 4.45. The molecule has 26 heavy (non-hydrogen) atoms. The van der Waals surface area contributed by atoms with Crippen LogP contribution in [0.1, 0.15) is 110 Å². The largest absolute Gasteiger partial charge is 0.462 e. The van der Waals surface area contributed by atoms with Gasteiger partial charge in [0.25, 0.3) is 0 Å². The maximum atomic E-state index is 12.0. The molecule has 150 valence electrons. The molecule has 0 heterocycles.